The Hall–Kier alpha value is -3.21. The summed E-state index contributed by atoms with van der Waals surface area (Å²) in [6.07, 6.45) is 0.897. The van der Waals surface area contributed by atoms with Crippen LogP contribution in [0.25, 0.3) is 0 Å². The monoisotopic (exact) mass is 472 g/mol. The summed E-state index contributed by atoms with van der Waals surface area (Å²) in [6, 6.07) is 35.7. The molecular formula is C28H25ClN2OS. The zero-order valence-corrected chi connectivity index (χ0v) is 19.7. The molecule has 0 atom stereocenters. The van der Waals surface area contributed by atoms with Gasteiger partial charge in [-0.1, -0.05) is 84.0 Å². The van der Waals surface area contributed by atoms with Gasteiger partial charge in [-0.05, 0) is 66.1 Å². The third-order valence-electron chi connectivity index (χ3n) is 5.10. The molecule has 0 bridgehead atoms. The maximum atomic E-state index is 9.71. The number of benzene rings is 4. The predicted octanol–water partition coefficient (Wildman–Crippen LogP) is 7.57. The number of phenolic OH excluding ortho intramolecular Hbond substituents is 1. The summed E-state index contributed by atoms with van der Waals surface area (Å²) < 4.78 is 0. The molecular weight excluding hydrogens is 448 g/mol. The number of thioether (sulfide) groups is 1. The summed E-state index contributed by atoms with van der Waals surface area (Å²) in [5.74, 6) is 0.267. The van der Waals surface area contributed by atoms with Crippen molar-refractivity contribution in [1.29, 1.82) is 0 Å². The van der Waals surface area contributed by atoms with Crippen LogP contribution >= 0.6 is 23.4 Å². The molecule has 0 aliphatic carbocycles. The van der Waals surface area contributed by atoms with Gasteiger partial charge in [0.15, 0.2) is 5.17 Å². The van der Waals surface area contributed by atoms with Crippen LogP contribution in [-0.4, -0.2) is 21.7 Å². The molecule has 3 nitrogen and oxygen atoms in total. The molecule has 0 amide bonds. The molecule has 5 heteroatoms. The number of amidine groups is 1. The average Bonchev–Trinajstić information content (AvgIpc) is 2.85. The van der Waals surface area contributed by atoms with Gasteiger partial charge < -0.3 is 10.0 Å². The molecule has 0 spiro atoms. The van der Waals surface area contributed by atoms with Crippen LogP contribution in [0.3, 0.4) is 0 Å². The Labute approximate surface area is 204 Å². The van der Waals surface area contributed by atoms with Crippen LogP contribution in [0.15, 0.2) is 119 Å². The molecule has 33 heavy (non-hydrogen) atoms. The van der Waals surface area contributed by atoms with Crippen LogP contribution in [0.4, 0.5) is 5.69 Å². The summed E-state index contributed by atoms with van der Waals surface area (Å²) in [7, 11) is 0. The van der Waals surface area contributed by atoms with Crippen molar-refractivity contribution >= 4 is 34.2 Å². The average molecular weight is 473 g/mol. The van der Waals surface area contributed by atoms with E-state index in [0.717, 1.165) is 34.3 Å². The van der Waals surface area contributed by atoms with Crippen LogP contribution in [0.2, 0.25) is 5.02 Å². The van der Waals surface area contributed by atoms with E-state index in [1.165, 1.54) is 5.56 Å². The van der Waals surface area contributed by atoms with Crippen LogP contribution in [-0.2, 0) is 13.0 Å². The van der Waals surface area contributed by atoms with Crippen molar-refractivity contribution in [2.45, 2.75) is 17.9 Å². The van der Waals surface area contributed by atoms with E-state index in [4.69, 9.17) is 16.6 Å². The fourth-order valence-corrected chi connectivity index (χ4v) is 4.40. The van der Waals surface area contributed by atoms with E-state index in [1.54, 1.807) is 23.9 Å². The fraction of sp³-hybridized carbons (Fsp3) is 0.107. The molecule has 166 valence electrons. The normalized spacial score (nSPS) is 11.4. The number of aromatic hydroxyl groups is 1. The first-order chi connectivity index (χ1) is 16.2. The van der Waals surface area contributed by atoms with E-state index < -0.39 is 0 Å². The standard InChI is InChI=1S/C28H25ClN2OS/c29-24-13-17-27(18-14-24)33-28(30-25-9-5-2-6-10-25)31(20-19-22-7-3-1-4-8-22)21-23-11-15-26(32)16-12-23/h1-18,32H,19-21H2. The first-order valence-electron chi connectivity index (χ1n) is 10.8. The Morgan fingerprint density at radius 3 is 2.06 bits per heavy atom. The van der Waals surface area contributed by atoms with E-state index in [-0.39, 0.29) is 5.75 Å². The summed E-state index contributed by atoms with van der Waals surface area (Å²) >= 11 is 7.73. The quantitative estimate of drug-likeness (QED) is 0.171. The molecule has 0 unspecified atom stereocenters. The first kappa shape index (κ1) is 23.0. The Bertz CT molecular complexity index is 1160. The highest BCUT2D eigenvalue weighted by Crippen LogP contribution is 2.27. The highest BCUT2D eigenvalue weighted by Gasteiger charge is 2.15. The summed E-state index contributed by atoms with van der Waals surface area (Å²) in [6.45, 7) is 1.48. The highest BCUT2D eigenvalue weighted by molar-refractivity contribution is 8.13. The minimum Gasteiger partial charge on any atom is -0.508 e. The van der Waals surface area contributed by atoms with Gasteiger partial charge in [0.05, 0.1) is 5.69 Å². The van der Waals surface area contributed by atoms with Crippen molar-refractivity contribution in [3.05, 3.63) is 125 Å². The summed E-state index contributed by atoms with van der Waals surface area (Å²) in [4.78, 5) is 8.40. The number of rotatable bonds is 7. The number of nitrogens with zero attached hydrogens (tertiary/aromatic N) is 2. The lowest BCUT2D eigenvalue weighted by Gasteiger charge is -2.26. The van der Waals surface area contributed by atoms with Gasteiger partial charge in [0, 0.05) is 23.0 Å². The molecule has 0 saturated carbocycles. The topological polar surface area (TPSA) is 35.8 Å². The van der Waals surface area contributed by atoms with Gasteiger partial charge in [0.25, 0.3) is 0 Å². The number of para-hydroxylation sites is 1. The second kappa shape index (κ2) is 11.6. The SMILES string of the molecule is Oc1ccc(CN(CCc2ccccc2)C(=Nc2ccccc2)Sc2ccc(Cl)cc2)cc1. The molecule has 4 rings (SSSR count). The van der Waals surface area contributed by atoms with Crippen molar-refractivity contribution in [2.75, 3.05) is 6.54 Å². The van der Waals surface area contributed by atoms with Crippen molar-refractivity contribution in [3.63, 3.8) is 0 Å². The van der Waals surface area contributed by atoms with Gasteiger partial charge in [0.2, 0.25) is 0 Å². The van der Waals surface area contributed by atoms with Crippen LogP contribution in [0, 0.1) is 0 Å². The smallest absolute Gasteiger partial charge is 0.169 e. The lowest BCUT2D eigenvalue weighted by Crippen LogP contribution is -2.30. The Kier molecular flexibility index (Phi) is 8.07. The molecule has 4 aromatic carbocycles. The largest absolute Gasteiger partial charge is 0.508 e. The first-order valence-corrected chi connectivity index (χ1v) is 12.0. The predicted molar refractivity (Wildman–Crippen MR) is 140 cm³/mol. The van der Waals surface area contributed by atoms with Crippen molar-refractivity contribution in [3.8, 4) is 5.75 Å². The molecule has 0 aliphatic rings. The molecule has 0 heterocycles. The second-order valence-electron chi connectivity index (χ2n) is 7.61. The van der Waals surface area contributed by atoms with Gasteiger partial charge in [-0.3, -0.25) is 0 Å². The van der Waals surface area contributed by atoms with E-state index >= 15 is 0 Å². The summed E-state index contributed by atoms with van der Waals surface area (Å²) in [5, 5.41) is 11.3. The number of hydrogen-bond acceptors (Lipinski definition) is 3. The van der Waals surface area contributed by atoms with E-state index in [2.05, 4.69) is 29.2 Å². The minimum absolute atomic E-state index is 0.267. The van der Waals surface area contributed by atoms with E-state index in [1.807, 2.05) is 72.8 Å². The minimum atomic E-state index is 0.267. The van der Waals surface area contributed by atoms with E-state index in [0.29, 0.717) is 11.6 Å². The zero-order chi connectivity index (χ0) is 22.9. The molecule has 1 N–H and O–H groups in total. The molecule has 4 aromatic rings. The lowest BCUT2D eigenvalue weighted by molar-refractivity contribution is 0.424. The molecule has 0 aromatic heterocycles. The van der Waals surface area contributed by atoms with Crippen LogP contribution in [0.5, 0.6) is 5.75 Å². The molecule has 0 saturated heterocycles. The van der Waals surface area contributed by atoms with Gasteiger partial charge in [-0.15, -0.1) is 0 Å². The maximum Gasteiger partial charge on any atom is 0.169 e. The van der Waals surface area contributed by atoms with Gasteiger partial charge in [-0.25, -0.2) is 4.99 Å². The summed E-state index contributed by atoms with van der Waals surface area (Å²) in [5.41, 5.74) is 3.30. The van der Waals surface area contributed by atoms with Gasteiger partial charge in [-0.2, -0.15) is 0 Å². The van der Waals surface area contributed by atoms with Crippen LogP contribution < -0.4 is 0 Å². The van der Waals surface area contributed by atoms with Crippen molar-refractivity contribution < 1.29 is 5.11 Å². The molecule has 0 radical (unpaired) electrons. The van der Waals surface area contributed by atoms with Crippen LogP contribution in [0.1, 0.15) is 11.1 Å². The highest BCUT2D eigenvalue weighted by atomic mass is 35.5. The molecule has 0 aliphatic heterocycles. The Balaban J connectivity index is 1.67. The van der Waals surface area contributed by atoms with Gasteiger partial charge in [0.1, 0.15) is 5.75 Å². The zero-order valence-electron chi connectivity index (χ0n) is 18.1. The molecule has 0 fully saturated rings. The number of halogens is 1. The third-order valence-corrected chi connectivity index (χ3v) is 6.39. The second-order valence-corrected chi connectivity index (χ2v) is 9.09. The lowest BCUT2D eigenvalue weighted by atomic mass is 10.1. The maximum absolute atomic E-state index is 9.71. The number of hydrogen-bond donors (Lipinski definition) is 1. The van der Waals surface area contributed by atoms with Gasteiger partial charge >= 0.3 is 0 Å². The fourth-order valence-electron chi connectivity index (χ4n) is 3.35. The third kappa shape index (κ3) is 7.14. The number of aliphatic imine (C=N–C) groups is 1. The van der Waals surface area contributed by atoms with E-state index in [9.17, 15) is 5.11 Å². The Morgan fingerprint density at radius 1 is 0.758 bits per heavy atom. The van der Waals surface area contributed by atoms with Crippen molar-refractivity contribution in [1.82, 2.24) is 4.90 Å². The van der Waals surface area contributed by atoms with Crippen molar-refractivity contribution in [2.24, 2.45) is 4.99 Å². The number of phenols is 1. The Morgan fingerprint density at radius 2 is 1.39 bits per heavy atom.